The van der Waals surface area contributed by atoms with Crippen molar-refractivity contribution in [3.8, 4) is 0 Å². The second-order valence-electron chi connectivity index (χ2n) is 4.61. The van der Waals surface area contributed by atoms with Gasteiger partial charge in [-0.1, -0.05) is 13.8 Å². The molecule has 0 radical (unpaired) electrons. The zero-order valence-electron chi connectivity index (χ0n) is 10.7. The van der Waals surface area contributed by atoms with Crippen LogP contribution in [0.2, 0.25) is 0 Å². The van der Waals surface area contributed by atoms with Crippen LogP contribution in [-0.4, -0.2) is 29.3 Å². The number of nitrogens with zero attached hydrogens (tertiary/aromatic N) is 2. The van der Waals surface area contributed by atoms with Crippen LogP contribution in [0.25, 0.3) is 0 Å². The molecule has 1 rings (SSSR count). The first-order valence-electron chi connectivity index (χ1n) is 5.90. The van der Waals surface area contributed by atoms with Gasteiger partial charge in [-0.2, -0.15) is 0 Å². The van der Waals surface area contributed by atoms with Crippen LogP contribution in [0.5, 0.6) is 0 Å². The Balaban J connectivity index is 2.49. The minimum Gasteiger partial charge on any atom is -0.383 e. The van der Waals surface area contributed by atoms with E-state index in [9.17, 15) is 0 Å². The van der Waals surface area contributed by atoms with Gasteiger partial charge in [0.05, 0.1) is 6.61 Å². The summed E-state index contributed by atoms with van der Waals surface area (Å²) in [6.45, 7) is 8.21. The monoisotopic (exact) mass is 225 g/mol. The molecular formula is C12H23N3O. The molecule has 4 nitrogen and oxygen atoms in total. The number of methoxy groups -OCH3 is 1. The summed E-state index contributed by atoms with van der Waals surface area (Å²) in [4.78, 5) is 4.31. The second-order valence-corrected chi connectivity index (χ2v) is 4.61. The van der Waals surface area contributed by atoms with Gasteiger partial charge in [0.1, 0.15) is 0 Å². The van der Waals surface area contributed by atoms with Crippen molar-refractivity contribution >= 4 is 5.95 Å². The largest absolute Gasteiger partial charge is 0.383 e. The highest BCUT2D eigenvalue weighted by Crippen LogP contribution is 2.11. The molecule has 0 fully saturated rings. The molecule has 0 saturated carbocycles. The van der Waals surface area contributed by atoms with Gasteiger partial charge >= 0.3 is 0 Å². The third-order valence-electron chi connectivity index (χ3n) is 2.45. The maximum absolute atomic E-state index is 5.06. The van der Waals surface area contributed by atoms with Crippen LogP contribution >= 0.6 is 0 Å². The smallest absolute Gasteiger partial charge is 0.203 e. The maximum atomic E-state index is 5.06. The lowest BCUT2D eigenvalue weighted by Gasteiger charge is -2.17. The van der Waals surface area contributed by atoms with E-state index >= 15 is 0 Å². The molecule has 4 heteroatoms. The number of imidazole rings is 1. The molecule has 0 aliphatic carbocycles. The first-order chi connectivity index (χ1) is 7.63. The topological polar surface area (TPSA) is 39.1 Å². The van der Waals surface area contributed by atoms with Crippen LogP contribution in [-0.2, 0) is 11.3 Å². The quantitative estimate of drug-likeness (QED) is 0.774. The molecule has 1 atom stereocenters. The standard InChI is InChI=1S/C12H23N3O/c1-10(2)9-11(3)14-12-13-5-6-15(12)7-8-16-4/h5-6,10-11H,7-9H2,1-4H3,(H,13,14). The van der Waals surface area contributed by atoms with Gasteiger partial charge in [0.15, 0.2) is 0 Å². The molecule has 0 bridgehead atoms. The minimum atomic E-state index is 0.448. The van der Waals surface area contributed by atoms with Gasteiger partial charge in [0, 0.05) is 32.1 Å². The molecule has 0 spiro atoms. The van der Waals surface area contributed by atoms with Crippen molar-refractivity contribution in [3.05, 3.63) is 12.4 Å². The number of ether oxygens (including phenoxy) is 1. The number of hydrogen-bond acceptors (Lipinski definition) is 3. The van der Waals surface area contributed by atoms with Crippen molar-refractivity contribution < 1.29 is 4.74 Å². The molecule has 1 unspecified atom stereocenters. The van der Waals surface area contributed by atoms with E-state index in [1.54, 1.807) is 7.11 Å². The van der Waals surface area contributed by atoms with E-state index in [2.05, 4.69) is 35.6 Å². The predicted molar refractivity (Wildman–Crippen MR) is 66.6 cm³/mol. The van der Waals surface area contributed by atoms with Gasteiger partial charge in [0.25, 0.3) is 0 Å². The van der Waals surface area contributed by atoms with Crippen LogP contribution in [0.1, 0.15) is 27.2 Å². The number of hydrogen-bond donors (Lipinski definition) is 1. The molecule has 1 N–H and O–H groups in total. The average Bonchev–Trinajstić information content (AvgIpc) is 2.61. The normalized spacial score (nSPS) is 13.1. The van der Waals surface area contributed by atoms with E-state index in [1.807, 2.05) is 12.4 Å². The van der Waals surface area contributed by atoms with Crippen LogP contribution in [0, 0.1) is 5.92 Å². The Labute approximate surface area is 98.0 Å². The van der Waals surface area contributed by atoms with Gasteiger partial charge in [-0.15, -0.1) is 0 Å². The molecule has 1 aromatic heterocycles. The highest BCUT2D eigenvalue weighted by Gasteiger charge is 2.08. The van der Waals surface area contributed by atoms with Gasteiger partial charge in [-0.3, -0.25) is 0 Å². The Kier molecular flexibility index (Phi) is 5.32. The molecule has 0 amide bonds. The zero-order chi connectivity index (χ0) is 12.0. The third-order valence-corrected chi connectivity index (χ3v) is 2.45. The molecular weight excluding hydrogens is 202 g/mol. The summed E-state index contributed by atoms with van der Waals surface area (Å²) in [6, 6.07) is 0.448. The van der Waals surface area contributed by atoms with Crippen LogP contribution in [0.15, 0.2) is 12.4 Å². The summed E-state index contributed by atoms with van der Waals surface area (Å²) >= 11 is 0. The molecule has 0 aliphatic rings. The van der Waals surface area contributed by atoms with E-state index in [1.165, 1.54) is 0 Å². The molecule has 92 valence electrons. The molecule has 1 aromatic rings. The lowest BCUT2D eigenvalue weighted by atomic mass is 10.1. The summed E-state index contributed by atoms with van der Waals surface area (Å²) in [7, 11) is 1.71. The summed E-state index contributed by atoms with van der Waals surface area (Å²) in [5.41, 5.74) is 0. The molecule has 1 heterocycles. The SMILES string of the molecule is COCCn1ccnc1NC(C)CC(C)C. The number of rotatable bonds is 7. The Bertz CT molecular complexity index is 296. The lowest BCUT2D eigenvalue weighted by Crippen LogP contribution is -2.20. The lowest BCUT2D eigenvalue weighted by molar-refractivity contribution is 0.187. The van der Waals surface area contributed by atoms with Gasteiger partial charge in [-0.05, 0) is 19.3 Å². The first kappa shape index (κ1) is 13.0. The Hall–Kier alpha value is -1.03. The van der Waals surface area contributed by atoms with Crippen molar-refractivity contribution in [1.29, 1.82) is 0 Å². The summed E-state index contributed by atoms with van der Waals surface area (Å²) in [5.74, 6) is 1.63. The Morgan fingerprint density at radius 3 is 2.81 bits per heavy atom. The minimum absolute atomic E-state index is 0.448. The third kappa shape index (κ3) is 4.23. The first-order valence-corrected chi connectivity index (χ1v) is 5.90. The maximum Gasteiger partial charge on any atom is 0.203 e. The van der Waals surface area contributed by atoms with Gasteiger partial charge < -0.3 is 14.6 Å². The highest BCUT2D eigenvalue weighted by molar-refractivity contribution is 5.27. The Morgan fingerprint density at radius 1 is 1.44 bits per heavy atom. The fraction of sp³-hybridized carbons (Fsp3) is 0.750. The van der Waals surface area contributed by atoms with E-state index in [0.717, 1.165) is 18.9 Å². The number of aromatic nitrogens is 2. The van der Waals surface area contributed by atoms with E-state index in [4.69, 9.17) is 4.74 Å². The highest BCUT2D eigenvalue weighted by atomic mass is 16.5. The van der Waals surface area contributed by atoms with Gasteiger partial charge in [-0.25, -0.2) is 4.98 Å². The fourth-order valence-corrected chi connectivity index (χ4v) is 1.81. The average molecular weight is 225 g/mol. The van der Waals surface area contributed by atoms with Crippen molar-refractivity contribution in [2.75, 3.05) is 19.0 Å². The summed E-state index contributed by atoms with van der Waals surface area (Å²) < 4.78 is 7.15. The summed E-state index contributed by atoms with van der Waals surface area (Å²) in [5, 5.41) is 3.43. The Morgan fingerprint density at radius 2 is 2.19 bits per heavy atom. The fourth-order valence-electron chi connectivity index (χ4n) is 1.81. The second kappa shape index (κ2) is 6.53. The number of nitrogens with one attached hydrogen (secondary N) is 1. The molecule has 0 saturated heterocycles. The van der Waals surface area contributed by atoms with Crippen LogP contribution in [0.3, 0.4) is 0 Å². The van der Waals surface area contributed by atoms with E-state index < -0.39 is 0 Å². The van der Waals surface area contributed by atoms with Crippen molar-refractivity contribution in [1.82, 2.24) is 9.55 Å². The number of anilines is 1. The van der Waals surface area contributed by atoms with E-state index in [0.29, 0.717) is 18.6 Å². The van der Waals surface area contributed by atoms with Crippen molar-refractivity contribution in [2.45, 2.75) is 39.8 Å². The van der Waals surface area contributed by atoms with Crippen molar-refractivity contribution in [3.63, 3.8) is 0 Å². The van der Waals surface area contributed by atoms with Crippen LogP contribution < -0.4 is 5.32 Å². The molecule has 16 heavy (non-hydrogen) atoms. The zero-order valence-corrected chi connectivity index (χ0v) is 10.7. The molecule has 0 aliphatic heterocycles. The predicted octanol–water partition coefficient (Wildman–Crippen LogP) is 2.38. The van der Waals surface area contributed by atoms with E-state index in [-0.39, 0.29) is 0 Å². The molecule has 0 aromatic carbocycles. The van der Waals surface area contributed by atoms with Crippen LogP contribution in [0.4, 0.5) is 5.95 Å². The van der Waals surface area contributed by atoms with Crippen molar-refractivity contribution in [2.24, 2.45) is 5.92 Å². The summed E-state index contributed by atoms with van der Waals surface area (Å²) in [6.07, 6.45) is 4.95. The van der Waals surface area contributed by atoms with Gasteiger partial charge in [0.2, 0.25) is 5.95 Å².